The number of thiocarbonyl (C=S) groups is 1. The molecule has 0 saturated heterocycles. The van der Waals surface area contributed by atoms with Gasteiger partial charge < -0.3 is 24.8 Å². The van der Waals surface area contributed by atoms with Gasteiger partial charge in [-0.15, -0.1) is 0 Å². The van der Waals surface area contributed by atoms with Gasteiger partial charge in [-0.05, 0) is 29.7 Å². The summed E-state index contributed by atoms with van der Waals surface area (Å²) in [4.78, 5) is 15.6. The van der Waals surface area contributed by atoms with Crippen LogP contribution in [0.25, 0.3) is 0 Å². The minimum Gasteiger partial charge on any atom is -0.493 e. The molecular formula is C24H29ClN2O4S. The van der Waals surface area contributed by atoms with Gasteiger partial charge in [0, 0.05) is 34.8 Å². The van der Waals surface area contributed by atoms with Gasteiger partial charge in [0.2, 0.25) is 0 Å². The molecule has 0 aliphatic carbocycles. The number of ether oxygens (including phenoxy) is 3. The average Bonchev–Trinajstić information content (AvgIpc) is 2.82. The van der Waals surface area contributed by atoms with Gasteiger partial charge in [-0.2, -0.15) is 0 Å². The summed E-state index contributed by atoms with van der Waals surface area (Å²) in [6, 6.07) is 11.0. The van der Waals surface area contributed by atoms with Crippen LogP contribution in [0, 0.1) is 5.41 Å². The lowest BCUT2D eigenvalue weighted by Gasteiger charge is -2.31. The molecule has 0 spiro atoms. The van der Waals surface area contributed by atoms with E-state index in [2.05, 4.69) is 20.8 Å². The maximum Gasteiger partial charge on any atom is 0.256 e. The number of amides is 1. The van der Waals surface area contributed by atoms with Gasteiger partial charge in [-0.3, -0.25) is 4.79 Å². The van der Waals surface area contributed by atoms with Gasteiger partial charge in [0.1, 0.15) is 12.2 Å². The van der Waals surface area contributed by atoms with Crippen molar-refractivity contribution in [2.45, 2.75) is 39.4 Å². The molecule has 1 amide bonds. The van der Waals surface area contributed by atoms with Crippen molar-refractivity contribution in [2.75, 3.05) is 25.7 Å². The summed E-state index contributed by atoms with van der Waals surface area (Å²) in [6.45, 7) is 6.71. The van der Waals surface area contributed by atoms with Crippen molar-refractivity contribution in [3.63, 3.8) is 0 Å². The van der Waals surface area contributed by atoms with Crippen LogP contribution in [-0.2, 0) is 9.53 Å². The molecule has 1 heterocycles. The minimum absolute atomic E-state index is 0.124. The summed E-state index contributed by atoms with van der Waals surface area (Å²) in [5, 5.41) is 0.537. The molecule has 0 radical (unpaired) electrons. The molecule has 6 nitrogen and oxygen atoms in total. The van der Waals surface area contributed by atoms with E-state index in [0.717, 1.165) is 11.3 Å². The number of halogens is 1. The number of nitrogens with two attached hydrogens (primary N) is 1. The second kappa shape index (κ2) is 9.65. The normalized spacial score (nSPS) is 18.7. The van der Waals surface area contributed by atoms with E-state index in [4.69, 9.17) is 43.8 Å². The van der Waals surface area contributed by atoms with Gasteiger partial charge >= 0.3 is 0 Å². The summed E-state index contributed by atoms with van der Waals surface area (Å²) in [7, 11) is 3.14. The van der Waals surface area contributed by atoms with Crippen LogP contribution in [0.2, 0.25) is 5.02 Å². The van der Waals surface area contributed by atoms with E-state index in [1.807, 2.05) is 30.3 Å². The third-order valence-corrected chi connectivity index (χ3v) is 5.54. The maximum absolute atomic E-state index is 13.7. The van der Waals surface area contributed by atoms with Gasteiger partial charge in [-0.1, -0.05) is 56.7 Å². The first-order valence-corrected chi connectivity index (χ1v) is 11.1. The van der Waals surface area contributed by atoms with Crippen LogP contribution in [0.15, 0.2) is 36.4 Å². The van der Waals surface area contributed by atoms with Crippen molar-refractivity contribution in [1.29, 1.82) is 0 Å². The molecule has 0 saturated carbocycles. The van der Waals surface area contributed by atoms with Gasteiger partial charge in [0.15, 0.2) is 11.5 Å². The van der Waals surface area contributed by atoms with Crippen molar-refractivity contribution in [3.8, 4) is 11.5 Å². The lowest BCUT2D eigenvalue weighted by atomic mass is 9.94. The number of carbonyl (C=O) groups is 1. The first-order valence-electron chi connectivity index (χ1n) is 10.3. The predicted octanol–water partition coefficient (Wildman–Crippen LogP) is 4.90. The summed E-state index contributed by atoms with van der Waals surface area (Å²) >= 11 is 11.5. The minimum atomic E-state index is -0.859. The van der Waals surface area contributed by atoms with Crippen molar-refractivity contribution < 1.29 is 19.0 Å². The van der Waals surface area contributed by atoms with E-state index in [1.165, 1.54) is 0 Å². The number of hydrogen-bond donors (Lipinski definition) is 1. The summed E-state index contributed by atoms with van der Waals surface area (Å²) < 4.78 is 17.6. The summed E-state index contributed by atoms with van der Waals surface area (Å²) in [6.07, 6.45) is -1.39. The zero-order valence-electron chi connectivity index (χ0n) is 19.0. The molecule has 0 bridgehead atoms. The number of carbonyl (C=O) groups excluding carboxylic acids is 1. The standard InChI is InChI=1S/C24H29ClN2O4S/c1-24(2,3)13-27-17-10-9-14(25)11-16(17)21(31-19(23(27)28)12-20(26)32)15-7-6-8-18(29-4)22(15)30-5/h6-11,19,21H,12-13H2,1-5H3,(H2,26,32). The highest BCUT2D eigenvalue weighted by molar-refractivity contribution is 7.80. The monoisotopic (exact) mass is 476 g/mol. The Bertz CT molecular complexity index is 1020. The molecule has 2 N–H and O–H groups in total. The van der Waals surface area contributed by atoms with Crippen LogP contribution in [-0.4, -0.2) is 37.8 Å². The predicted molar refractivity (Wildman–Crippen MR) is 131 cm³/mol. The van der Waals surface area contributed by atoms with Crippen molar-refractivity contribution in [1.82, 2.24) is 0 Å². The number of rotatable bonds is 6. The largest absolute Gasteiger partial charge is 0.493 e. The fraction of sp³-hybridized carbons (Fsp3) is 0.417. The first-order chi connectivity index (χ1) is 15.1. The van der Waals surface area contributed by atoms with Crippen molar-refractivity contribution in [2.24, 2.45) is 11.1 Å². The average molecular weight is 477 g/mol. The molecule has 8 heteroatoms. The molecule has 2 unspecified atom stereocenters. The van der Waals surface area contributed by atoms with Crippen LogP contribution in [0.4, 0.5) is 5.69 Å². The van der Waals surface area contributed by atoms with Crippen LogP contribution in [0.5, 0.6) is 11.5 Å². The molecule has 1 aliphatic rings. The lowest BCUT2D eigenvalue weighted by molar-refractivity contribution is -0.131. The van der Waals surface area contributed by atoms with Gasteiger partial charge in [0.05, 0.1) is 19.2 Å². The van der Waals surface area contributed by atoms with E-state index >= 15 is 0 Å². The Labute approximate surface area is 199 Å². The molecule has 2 atom stereocenters. The van der Waals surface area contributed by atoms with E-state index in [-0.39, 0.29) is 22.7 Å². The molecule has 1 aliphatic heterocycles. The number of nitrogens with zero attached hydrogens (tertiary/aromatic N) is 1. The Morgan fingerprint density at radius 3 is 2.50 bits per heavy atom. The number of benzene rings is 2. The quantitative estimate of drug-likeness (QED) is 0.597. The zero-order valence-corrected chi connectivity index (χ0v) is 20.5. The molecule has 3 rings (SSSR count). The summed E-state index contributed by atoms with van der Waals surface area (Å²) in [5.41, 5.74) is 7.88. The topological polar surface area (TPSA) is 74.0 Å². The fourth-order valence-electron chi connectivity index (χ4n) is 3.88. The molecular weight excluding hydrogens is 448 g/mol. The molecule has 32 heavy (non-hydrogen) atoms. The Morgan fingerprint density at radius 1 is 1.19 bits per heavy atom. The number of fused-ring (bicyclic) bond motifs is 1. The van der Waals surface area contributed by atoms with Crippen LogP contribution < -0.4 is 20.1 Å². The third-order valence-electron chi connectivity index (χ3n) is 5.14. The van der Waals surface area contributed by atoms with E-state index in [1.54, 1.807) is 25.2 Å². The van der Waals surface area contributed by atoms with E-state index < -0.39 is 12.2 Å². The number of para-hydroxylation sites is 1. The molecule has 0 fully saturated rings. The highest BCUT2D eigenvalue weighted by Crippen LogP contribution is 2.45. The highest BCUT2D eigenvalue weighted by Gasteiger charge is 2.39. The second-order valence-corrected chi connectivity index (χ2v) is 9.91. The highest BCUT2D eigenvalue weighted by atomic mass is 35.5. The molecule has 0 aromatic heterocycles. The Hall–Kier alpha value is -2.35. The Kier molecular flexibility index (Phi) is 7.32. The first kappa shape index (κ1) is 24.3. The number of anilines is 1. The molecule has 172 valence electrons. The second-order valence-electron chi connectivity index (χ2n) is 8.95. The number of hydrogen-bond acceptors (Lipinski definition) is 5. The van der Waals surface area contributed by atoms with Crippen molar-refractivity contribution >= 4 is 40.4 Å². The molecule has 2 aromatic rings. The number of methoxy groups -OCH3 is 2. The van der Waals surface area contributed by atoms with Crippen LogP contribution in [0.1, 0.15) is 44.4 Å². The SMILES string of the molecule is COc1cccc(C2OC(CC(N)=S)C(=O)N(CC(C)(C)C)c3ccc(Cl)cc32)c1OC. The van der Waals surface area contributed by atoms with E-state index in [9.17, 15) is 4.79 Å². The van der Waals surface area contributed by atoms with Gasteiger partial charge in [0.25, 0.3) is 5.91 Å². The lowest BCUT2D eigenvalue weighted by Crippen LogP contribution is -2.44. The Balaban J connectivity index is 2.27. The Morgan fingerprint density at radius 2 is 1.91 bits per heavy atom. The van der Waals surface area contributed by atoms with Gasteiger partial charge in [-0.25, -0.2) is 0 Å². The van der Waals surface area contributed by atoms with Crippen molar-refractivity contribution in [3.05, 3.63) is 52.5 Å². The maximum atomic E-state index is 13.7. The summed E-state index contributed by atoms with van der Waals surface area (Å²) in [5.74, 6) is 0.891. The smallest absolute Gasteiger partial charge is 0.256 e. The third kappa shape index (κ3) is 5.17. The fourth-order valence-corrected chi connectivity index (χ4v) is 4.22. The van der Waals surface area contributed by atoms with Crippen LogP contribution in [0.3, 0.4) is 0 Å². The van der Waals surface area contributed by atoms with E-state index in [0.29, 0.717) is 28.6 Å². The zero-order chi connectivity index (χ0) is 23.6. The van der Waals surface area contributed by atoms with Crippen LogP contribution >= 0.6 is 23.8 Å². The molecule has 2 aromatic carbocycles.